The molecule has 1 fully saturated rings. The monoisotopic (exact) mass is 271 g/mol. The van der Waals surface area contributed by atoms with Crippen molar-refractivity contribution in [2.24, 2.45) is 5.92 Å². The summed E-state index contributed by atoms with van der Waals surface area (Å²) in [5.74, 6) is 0.529. The molecule has 2 rings (SSSR count). The zero-order valence-corrected chi connectivity index (χ0v) is 12.2. The van der Waals surface area contributed by atoms with Gasteiger partial charge in [0.1, 0.15) is 0 Å². The third-order valence-electron chi connectivity index (χ3n) is 3.74. The summed E-state index contributed by atoms with van der Waals surface area (Å²) < 4.78 is 11.6. The molecular formula is C16H22BNO2. The number of nitrogens with zero attached hydrogens (tertiary/aromatic N) is 1. The van der Waals surface area contributed by atoms with E-state index in [2.05, 4.69) is 13.0 Å². The van der Waals surface area contributed by atoms with Crippen LogP contribution in [0.2, 0.25) is 0 Å². The average Bonchev–Trinajstić information content (AvgIpc) is 2.52. The molecule has 106 valence electrons. The van der Waals surface area contributed by atoms with Crippen molar-refractivity contribution in [2.75, 3.05) is 13.2 Å². The molecule has 1 aromatic carbocycles. The van der Waals surface area contributed by atoms with E-state index in [0.717, 1.165) is 18.7 Å². The van der Waals surface area contributed by atoms with Crippen LogP contribution in [0, 0.1) is 17.2 Å². The first-order valence-corrected chi connectivity index (χ1v) is 7.56. The van der Waals surface area contributed by atoms with Crippen molar-refractivity contribution in [3.8, 4) is 6.07 Å². The molecule has 0 amide bonds. The highest BCUT2D eigenvalue weighted by atomic mass is 16.6. The van der Waals surface area contributed by atoms with Crippen molar-refractivity contribution in [2.45, 2.75) is 39.0 Å². The van der Waals surface area contributed by atoms with Crippen molar-refractivity contribution in [1.82, 2.24) is 0 Å². The number of benzene rings is 1. The molecule has 0 unspecified atom stereocenters. The van der Waals surface area contributed by atoms with Crippen LogP contribution in [0.25, 0.3) is 0 Å². The van der Waals surface area contributed by atoms with Crippen LogP contribution in [0.3, 0.4) is 0 Å². The Morgan fingerprint density at radius 3 is 2.45 bits per heavy atom. The van der Waals surface area contributed by atoms with Crippen LogP contribution in [-0.2, 0) is 9.31 Å². The average molecular weight is 271 g/mol. The van der Waals surface area contributed by atoms with E-state index >= 15 is 0 Å². The quantitative estimate of drug-likeness (QED) is 0.590. The van der Waals surface area contributed by atoms with E-state index in [1.165, 1.54) is 32.1 Å². The van der Waals surface area contributed by atoms with Crippen LogP contribution < -0.4 is 5.46 Å². The predicted octanol–water partition coefficient (Wildman–Crippen LogP) is 2.89. The Balaban J connectivity index is 1.74. The third-order valence-corrected chi connectivity index (χ3v) is 3.74. The van der Waals surface area contributed by atoms with Crippen LogP contribution in [0.1, 0.15) is 44.6 Å². The summed E-state index contributed by atoms with van der Waals surface area (Å²) in [6.45, 7) is 3.78. The fraction of sp³-hybridized carbons (Fsp3) is 0.562. The van der Waals surface area contributed by atoms with E-state index in [0.29, 0.717) is 11.5 Å². The lowest BCUT2D eigenvalue weighted by Crippen LogP contribution is -2.44. The van der Waals surface area contributed by atoms with E-state index in [1.54, 1.807) is 12.1 Å². The topological polar surface area (TPSA) is 42.2 Å². The highest BCUT2D eigenvalue weighted by molar-refractivity contribution is 6.61. The van der Waals surface area contributed by atoms with Crippen molar-refractivity contribution < 1.29 is 9.31 Å². The number of rotatable bonds is 6. The first-order valence-electron chi connectivity index (χ1n) is 7.56. The summed E-state index contributed by atoms with van der Waals surface area (Å²) in [6.07, 6.45) is 6.37. The molecular weight excluding hydrogens is 249 g/mol. The third kappa shape index (κ3) is 4.36. The molecule has 3 nitrogen and oxygen atoms in total. The highest BCUT2D eigenvalue weighted by Crippen LogP contribution is 2.16. The van der Waals surface area contributed by atoms with E-state index in [9.17, 15) is 0 Å². The maximum atomic E-state index is 8.78. The van der Waals surface area contributed by atoms with Gasteiger partial charge in [0.05, 0.1) is 11.6 Å². The maximum absolute atomic E-state index is 8.78. The Morgan fingerprint density at radius 2 is 1.85 bits per heavy atom. The van der Waals surface area contributed by atoms with Gasteiger partial charge in [-0.1, -0.05) is 44.7 Å². The molecule has 1 aliphatic heterocycles. The van der Waals surface area contributed by atoms with E-state index in [1.807, 2.05) is 12.1 Å². The minimum absolute atomic E-state index is 0.269. The Morgan fingerprint density at radius 1 is 1.15 bits per heavy atom. The van der Waals surface area contributed by atoms with Gasteiger partial charge in [0.25, 0.3) is 0 Å². The van der Waals surface area contributed by atoms with Gasteiger partial charge in [0.15, 0.2) is 0 Å². The Kier molecular flexibility index (Phi) is 6.10. The van der Waals surface area contributed by atoms with E-state index in [-0.39, 0.29) is 7.12 Å². The zero-order valence-electron chi connectivity index (χ0n) is 12.2. The van der Waals surface area contributed by atoms with Crippen molar-refractivity contribution >= 4 is 12.6 Å². The normalized spacial score (nSPS) is 16.1. The summed E-state index contributed by atoms with van der Waals surface area (Å²) in [4.78, 5) is 0. The fourth-order valence-corrected chi connectivity index (χ4v) is 2.48. The predicted molar refractivity (Wildman–Crippen MR) is 80.7 cm³/mol. The minimum atomic E-state index is -0.269. The van der Waals surface area contributed by atoms with Crippen molar-refractivity contribution in [1.29, 1.82) is 5.26 Å². The molecule has 0 bridgehead atoms. The minimum Gasteiger partial charge on any atom is -0.407 e. The number of hydrogen-bond donors (Lipinski definition) is 0. The Labute approximate surface area is 122 Å². The second-order valence-electron chi connectivity index (χ2n) is 5.45. The van der Waals surface area contributed by atoms with Crippen molar-refractivity contribution in [3.05, 3.63) is 29.8 Å². The lowest BCUT2D eigenvalue weighted by atomic mass is 9.77. The molecule has 1 aliphatic rings. The lowest BCUT2D eigenvalue weighted by molar-refractivity contribution is 0.0810. The molecule has 0 radical (unpaired) electrons. The van der Waals surface area contributed by atoms with Crippen LogP contribution >= 0.6 is 0 Å². The molecule has 0 aliphatic carbocycles. The second-order valence-corrected chi connectivity index (χ2v) is 5.45. The molecule has 0 aromatic heterocycles. The van der Waals surface area contributed by atoms with Gasteiger partial charge in [-0.25, -0.2) is 0 Å². The smallest absolute Gasteiger partial charge is 0.407 e. The lowest BCUT2D eigenvalue weighted by Gasteiger charge is -2.27. The van der Waals surface area contributed by atoms with Gasteiger partial charge in [-0.2, -0.15) is 5.26 Å². The van der Waals surface area contributed by atoms with Crippen LogP contribution in [0.15, 0.2) is 24.3 Å². The van der Waals surface area contributed by atoms with Crippen LogP contribution in [0.5, 0.6) is 0 Å². The molecule has 1 saturated heterocycles. The molecule has 1 aromatic rings. The van der Waals surface area contributed by atoms with Gasteiger partial charge < -0.3 is 9.31 Å². The van der Waals surface area contributed by atoms with Gasteiger partial charge in [0.2, 0.25) is 0 Å². The van der Waals surface area contributed by atoms with E-state index < -0.39 is 0 Å². The second kappa shape index (κ2) is 8.09. The standard InChI is InChI=1S/C16H22BNO2/c1-2-3-4-5-6-15-12-19-17(20-13-15)16-9-7-14(11-18)8-10-16/h7-10,15H,2-6,12-13H2,1H3. The maximum Gasteiger partial charge on any atom is 0.493 e. The number of hydrogen-bond acceptors (Lipinski definition) is 3. The molecule has 4 heteroatoms. The Bertz CT molecular complexity index is 433. The molecule has 20 heavy (non-hydrogen) atoms. The largest absolute Gasteiger partial charge is 0.493 e. The molecule has 0 spiro atoms. The SMILES string of the molecule is CCCCCCC1COB(c2ccc(C#N)cc2)OC1. The zero-order chi connectivity index (χ0) is 14.2. The highest BCUT2D eigenvalue weighted by Gasteiger charge is 2.28. The van der Waals surface area contributed by atoms with Crippen molar-refractivity contribution in [3.63, 3.8) is 0 Å². The molecule has 0 N–H and O–H groups in total. The molecule has 0 saturated carbocycles. The molecule has 0 atom stereocenters. The van der Waals surface area contributed by atoms with Gasteiger partial charge in [-0.15, -0.1) is 0 Å². The van der Waals surface area contributed by atoms with Gasteiger partial charge in [0, 0.05) is 19.1 Å². The first kappa shape index (κ1) is 15.1. The summed E-state index contributed by atoms with van der Waals surface area (Å²) in [5, 5.41) is 8.78. The van der Waals surface area contributed by atoms with E-state index in [4.69, 9.17) is 14.6 Å². The van der Waals surface area contributed by atoms with Crippen LogP contribution in [0.4, 0.5) is 0 Å². The summed E-state index contributed by atoms with van der Waals surface area (Å²) in [7, 11) is -0.269. The van der Waals surface area contributed by atoms with Crippen LogP contribution in [-0.4, -0.2) is 20.3 Å². The van der Waals surface area contributed by atoms with Gasteiger partial charge in [-0.05, 0) is 24.0 Å². The summed E-state index contributed by atoms with van der Waals surface area (Å²) >= 11 is 0. The summed E-state index contributed by atoms with van der Waals surface area (Å²) in [5.41, 5.74) is 1.66. The fourth-order valence-electron chi connectivity index (χ4n) is 2.48. The van der Waals surface area contributed by atoms with Gasteiger partial charge in [-0.3, -0.25) is 0 Å². The molecule has 1 heterocycles. The number of nitriles is 1. The summed E-state index contributed by atoms with van der Waals surface area (Å²) in [6, 6.07) is 9.54. The number of unbranched alkanes of at least 4 members (excludes halogenated alkanes) is 3. The first-order chi connectivity index (χ1) is 9.83. The Hall–Kier alpha value is -1.31. The van der Waals surface area contributed by atoms with Gasteiger partial charge >= 0.3 is 7.12 Å².